The number of rotatable bonds is 5. The summed E-state index contributed by atoms with van der Waals surface area (Å²) in [5, 5.41) is 10.4. The Kier molecular flexibility index (Phi) is 7.50. The normalized spacial score (nSPS) is 34.0. The van der Waals surface area contributed by atoms with E-state index in [1.807, 2.05) is 6.92 Å². The Morgan fingerprint density at radius 3 is 1.90 bits per heavy atom. The van der Waals surface area contributed by atoms with Crippen LogP contribution in [-0.4, -0.2) is 11.1 Å². The van der Waals surface area contributed by atoms with Gasteiger partial charge in [-0.1, -0.05) is 92.0 Å². The first-order valence-electron chi connectivity index (χ1n) is 17.4. The van der Waals surface area contributed by atoms with Crippen molar-refractivity contribution in [3.63, 3.8) is 0 Å². The maximum atomic E-state index is 12.6. The van der Waals surface area contributed by atoms with Crippen molar-refractivity contribution in [2.24, 2.45) is 23.2 Å². The number of benzene rings is 2. The lowest BCUT2D eigenvalue weighted by Crippen LogP contribution is -2.52. The Balaban J connectivity index is 1.47. The molecule has 6 unspecified atom stereocenters. The van der Waals surface area contributed by atoms with Crippen molar-refractivity contribution in [3.05, 3.63) is 68.8 Å². The number of hydrogen-bond acceptors (Lipinski definition) is 1. The highest BCUT2D eigenvalue weighted by Gasteiger charge is 2.55. The summed E-state index contributed by atoms with van der Waals surface area (Å²) in [5.41, 5.74) is 11.9. The first-order valence-corrected chi connectivity index (χ1v) is 17.4. The molecular weight excluding hydrogens is 512 g/mol. The Bertz CT molecular complexity index is 1380. The lowest BCUT2D eigenvalue weighted by Gasteiger charge is -2.54. The second-order valence-corrected chi connectivity index (χ2v) is 16.4. The summed E-state index contributed by atoms with van der Waals surface area (Å²) in [6.45, 7) is 19.0. The highest BCUT2D eigenvalue weighted by atomic mass is 16.4. The van der Waals surface area contributed by atoms with Crippen LogP contribution in [0, 0.1) is 23.2 Å². The molecule has 228 valence electrons. The molecule has 6 atom stereocenters. The van der Waals surface area contributed by atoms with E-state index in [0.29, 0.717) is 17.3 Å². The molecule has 0 spiro atoms. The fourth-order valence-corrected chi connectivity index (χ4v) is 10.9. The molecule has 4 aliphatic rings. The Labute approximate surface area is 256 Å². The van der Waals surface area contributed by atoms with Gasteiger partial charge in [0.05, 0.1) is 5.41 Å². The van der Waals surface area contributed by atoms with E-state index in [9.17, 15) is 9.90 Å². The van der Waals surface area contributed by atoms with Gasteiger partial charge in [0.1, 0.15) is 0 Å². The zero-order valence-corrected chi connectivity index (χ0v) is 27.8. The Hall–Kier alpha value is -2.09. The lowest BCUT2D eigenvalue weighted by atomic mass is 9.49. The van der Waals surface area contributed by atoms with E-state index in [1.165, 1.54) is 65.5 Å². The van der Waals surface area contributed by atoms with E-state index in [4.69, 9.17) is 0 Å². The minimum absolute atomic E-state index is 0.0705. The number of carboxylic acid groups (broad SMARTS) is 1. The highest BCUT2D eigenvalue weighted by Crippen LogP contribution is 2.58. The fraction of sp³-hybridized carbons (Fsp3) is 0.675. The molecule has 42 heavy (non-hydrogen) atoms. The Morgan fingerprint density at radius 1 is 0.786 bits per heavy atom. The van der Waals surface area contributed by atoms with E-state index in [2.05, 4.69) is 72.7 Å². The van der Waals surface area contributed by atoms with Gasteiger partial charge in [-0.05, 0) is 143 Å². The molecule has 0 heterocycles. The molecule has 2 fully saturated rings. The van der Waals surface area contributed by atoms with Gasteiger partial charge >= 0.3 is 5.97 Å². The van der Waals surface area contributed by atoms with Crippen molar-refractivity contribution in [1.29, 1.82) is 0 Å². The predicted octanol–water partition coefficient (Wildman–Crippen LogP) is 10.3. The standard InChI is InChI=1S/C40H56O2/c1-24(2)31-20-27-12-14-33-26(5)11-9-16-38(33,6)34(27)22-29(31)19-30-23-35-28(21-32(30)25(3)4)13-15-36-39(35,7)17-10-18-40(36,8)37(41)42/h20-26,33,36H,9-19H2,1-8H3,(H,41,42). The molecule has 1 N–H and O–H groups in total. The number of carbonyl (C=O) groups is 1. The largest absolute Gasteiger partial charge is 0.481 e. The summed E-state index contributed by atoms with van der Waals surface area (Å²) >= 11 is 0. The molecule has 2 aromatic carbocycles. The quantitative estimate of drug-likeness (QED) is 0.389. The SMILES string of the molecule is CC(C)c1cc2c(cc1Cc1cc3c(cc1C(C)C)CCC1C(C)(C(=O)O)CCCC31C)C1(C)CCCC(C)C1CC2. The molecule has 0 radical (unpaired) electrons. The van der Waals surface area contributed by atoms with Gasteiger partial charge in [0.25, 0.3) is 0 Å². The second-order valence-electron chi connectivity index (χ2n) is 16.4. The van der Waals surface area contributed by atoms with E-state index in [0.717, 1.165) is 50.4 Å². The summed E-state index contributed by atoms with van der Waals surface area (Å²) in [4.78, 5) is 12.6. The van der Waals surface area contributed by atoms with Gasteiger partial charge in [0, 0.05) is 0 Å². The van der Waals surface area contributed by atoms with Crippen molar-refractivity contribution >= 4 is 5.97 Å². The summed E-state index contributed by atoms with van der Waals surface area (Å²) < 4.78 is 0. The third-order valence-corrected chi connectivity index (χ3v) is 13.3. The predicted molar refractivity (Wildman–Crippen MR) is 175 cm³/mol. The summed E-state index contributed by atoms with van der Waals surface area (Å²) in [7, 11) is 0. The Morgan fingerprint density at radius 2 is 1.33 bits per heavy atom. The van der Waals surface area contributed by atoms with Crippen LogP contribution in [0.15, 0.2) is 24.3 Å². The van der Waals surface area contributed by atoms with Crippen molar-refractivity contribution in [2.45, 2.75) is 149 Å². The average Bonchev–Trinajstić information content (AvgIpc) is 2.92. The maximum Gasteiger partial charge on any atom is 0.309 e. The van der Waals surface area contributed by atoms with Crippen LogP contribution in [-0.2, 0) is 34.9 Å². The van der Waals surface area contributed by atoms with Crippen LogP contribution >= 0.6 is 0 Å². The molecular formula is C40H56O2. The van der Waals surface area contributed by atoms with E-state index in [-0.39, 0.29) is 11.3 Å². The molecule has 2 saturated carbocycles. The number of carboxylic acids is 1. The highest BCUT2D eigenvalue weighted by molar-refractivity contribution is 5.75. The van der Waals surface area contributed by atoms with Crippen LogP contribution in [0.1, 0.15) is 163 Å². The van der Waals surface area contributed by atoms with Gasteiger partial charge in [-0.25, -0.2) is 0 Å². The van der Waals surface area contributed by atoms with Crippen LogP contribution in [0.25, 0.3) is 0 Å². The molecule has 0 aromatic heterocycles. The van der Waals surface area contributed by atoms with Crippen molar-refractivity contribution in [2.75, 3.05) is 0 Å². The first kappa shape index (κ1) is 30.0. The first-order chi connectivity index (χ1) is 19.8. The zero-order valence-electron chi connectivity index (χ0n) is 27.8. The van der Waals surface area contributed by atoms with Crippen molar-refractivity contribution < 1.29 is 9.90 Å². The number of aryl methyl sites for hydroxylation is 2. The van der Waals surface area contributed by atoms with E-state index < -0.39 is 11.4 Å². The van der Waals surface area contributed by atoms with E-state index in [1.54, 1.807) is 11.1 Å². The molecule has 0 amide bonds. The van der Waals surface area contributed by atoms with Gasteiger partial charge in [-0.3, -0.25) is 4.79 Å². The third kappa shape index (κ3) is 4.52. The third-order valence-electron chi connectivity index (χ3n) is 13.3. The number of aliphatic carboxylic acids is 1. The molecule has 2 aromatic rings. The van der Waals surface area contributed by atoms with Gasteiger partial charge in [-0.2, -0.15) is 0 Å². The van der Waals surface area contributed by atoms with Gasteiger partial charge in [-0.15, -0.1) is 0 Å². The van der Waals surface area contributed by atoms with Crippen molar-refractivity contribution in [3.8, 4) is 0 Å². The maximum absolute atomic E-state index is 12.6. The number of fused-ring (bicyclic) bond motifs is 6. The van der Waals surface area contributed by atoms with Crippen LogP contribution in [0.2, 0.25) is 0 Å². The van der Waals surface area contributed by atoms with Gasteiger partial charge in [0.2, 0.25) is 0 Å². The summed E-state index contributed by atoms with van der Waals surface area (Å²) in [6.07, 6.45) is 12.5. The smallest absolute Gasteiger partial charge is 0.309 e. The molecule has 6 rings (SSSR count). The fourth-order valence-electron chi connectivity index (χ4n) is 10.9. The van der Waals surface area contributed by atoms with Crippen LogP contribution in [0.4, 0.5) is 0 Å². The molecule has 0 aliphatic heterocycles. The molecule has 2 heteroatoms. The van der Waals surface area contributed by atoms with Gasteiger partial charge < -0.3 is 5.11 Å². The van der Waals surface area contributed by atoms with Crippen LogP contribution in [0.3, 0.4) is 0 Å². The van der Waals surface area contributed by atoms with Crippen molar-refractivity contribution in [1.82, 2.24) is 0 Å². The van der Waals surface area contributed by atoms with Crippen LogP contribution < -0.4 is 0 Å². The molecule has 0 saturated heterocycles. The molecule has 0 bridgehead atoms. The zero-order chi connectivity index (χ0) is 30.2. The minimum Gasteiger partial charge on any atom is -0.481 e. The van der Waals surface area contributed by atoms with Gasteiger partial charge in [0.15, 0.2) is 0 Å². The topological polar surface area (TPSA) is 37.3 Å². The second kappa shape index (κ2) is 10.5. The molecule has 4 aliphatic carbocycles. The molecule has 2 nitrogen and oxygen atoms in total. The summed E-state index contributed by atoms with van der Waals surface area (Å²) in [6, 6.07) is 10.4. The summed E-state index contributed by atoms with van der Waals surface area (Å²) in [5.74, 6) is 2.18. The van der Waals surface area contributed by atoms with Crippen LogP contribution in [0.5, 0.6) is 0 Å². The van der Waals surface area contributed by atoms with E-state index >= 15 is 0 Å². The number of hydrogen-bond donors (Lipinski definition) is 1. The average molecular weight is 569 g/mol. The minimum atomic E-state index is -0.631. The monoisotopic (exact) mass is 568 g/mol. The lowest BCUT2D eigenvalue weighted by molar-refractivity contribution is -0.157.